The number of nitrogens with one attached hydrogen (secondary N) is 3. The Hall–Kier alpha value is -2.43. The van der Waals surface area contributed by atoms with E-state index in [1.807, 2.05) is 13.8 Å². The zero-order valence-electron chi connectivity index (χ0n) is 15.9. The fourth-order valence-electron chi connectivity index (χ4n) is 2.24. The molecule has 0 bridgehead atoms. The van der Waals surface area contributed by atoms with E-state index in [1.54, 1.807) is 35.7 Å². The van der Waals surface area contributed by atoms with Crippen LogP contribution >= 0.6 is 11.3 Å². The van der Waals surface area contributed by atoms with Gasteiger partial charge < -0.3 is 16.0 Å². The lowest BCUT2D eigenvalue weighted by molar-refractivity contribution is -0.121. The molecule has 0 fully saturated rings. The molecule has 3 N–H and O–H groups in total. The maximum absolute atomic E-state index is 12.3. The van der Waals surface area contributed by atoms with Gasteiger partial charge in [0.05, 0.1) is 6.54 Å². The van der Waals surface area contributed by atoms with Gasteiger partial charge >= 0.3 is 6.03 Å². The number of thiophene rings is 1. The number of carbonyl (C=O) groups excluding carboxylic acids is 2. The first-order chi connectivity index (χ1) is 13.2. The summed E-state index contributed by atoms with van der Waals surface area (Å²) in [6, 6.07) is 9.92. The number of sulfonamides is 1. The molecule has 0 unspecified atom stereocenters. The number of hydrogen-bond acceptors (Lipinski definition) is 5. The van der Waals surface area contributed by atoms with Gasteiger partial charge in [0, 0.05) is 25.3 Å². The lowest BCUT2D eigenvalue weighted by atomic mass is 10.2. The summed E-state index contributed by atoms with van der Waals surface area (Å²) in [7, 11) is -2.28. The van der Waals surface area contributed by atoms with E-state index in [-0.39, 0.29) is 29.4 Å². The van der Waals surface area contributed by atoms with Crippen LogP contribution in [0, 0.1) is 0 Å². The third-order valence-corrected chi connectivity index (χ3v) is 6.82. The molecule has 1 aromatic heterocycles. The van der Waals surface area contributed by atoms with Crippen LogP contribution in [0.3, 0.4) is 0 Å². The molecule has 0 radical (unpaired) electrons. The third kappa shape index (κ3) is 6.32. The monoisotopic (exact) mass is 424 g/mol. The number of carbonyl (C=O) groups is 2. The zero-order chi connectivity index (χ0) is 20.7. The lowest BCUT2D eigenvalue weighted by Crippen LogP contribution is -2.37. The molecule has 8 nitrogen and oxygen atoms in total. The van der Waals surface area contributed by atoms with Crippen molar-refractivity contribution in [2.75, 3.05) is 18.9 Å². The number of amides is 3. The molecule has 0 spiro atoms. The Morgan fingerprint density at radius 1 is 1.14 bits per heavy atom. The van der Waals surface area contributed by atoms with Gasteiger partial charge in [0.1, 0.15) is 4.21 Å². The molecule has 0 saturated carbocycles. The van der Waals surface area contributed by atoms with Crippen molar-refractivity contribution in [2.45, 2.75) is 30.6 Å². The molecule has 10 heteroatoms. The van der Waals surface area contributed by atoms with E-state index >= 15 is 0 Å². The first-order valence-electron chi connectivity index (χ1n) is 8.61. The molecule has 0 aliphatic heterocycles. The minimum absolute atomic E-state index is 0.0382. The Balaban J connectivity index is 1.83. The Morgan fingerprint density at radius 2 is 1.82 bits per heavy atom. The Kier molecular flexibility index (Phi) is 7.55. The van der Waals surface area contributed by atoms with Crippen LogP contribution in [-0.4, -0.2) is 44.3 Å². The van der Waals surface area contributed by atoms with E-state index in [1.165, 1.54) is 13.1 Å². The molecule has 2 aromatic rings. The average molecular weight is 425 g/mol. The second kappa shape index (κ2) is 9.67. The van der Waals surface area contributed by atoms with Crippen molar-refractivity contribution in [2.24, 2.45) is 0 Å². The van der Waals surface area contributed by atoms with Crippen LogP contribution in [0.1, 0.15) is 19.4 Å². The van der Waals surface area contributed by atoms with Gasteiger partial charge in [0.15, 0.2) is 0 Å². The fourth-order valence-corrected chi connectivity index (χ4v) is 4.57. The summed E-state index contributed by atoms with van der Waals surface area (Å²) in [5.74, 6) is -0.402. The van der Waals surface area contributed by atoms with Gasteiger partial charge in [0.2, 0.25) is 5.91 Å². The molecular weight excluding hydrogens is 400 g/mol. The van der Waals surface area contributed by atoms with E-state index < -0.39 is 15.9 Å². The average Bonchev–Trinajstić information content (AvgIpc) is 3.15. The summed E-state index contributed by atoms with van der Waals surface area (Å²) < 4.78 is 25.8. The Labute approximate surface area is 169 Å². The van der Waals surface area contributed by atoms with Crippen molar-refractivity contribution in [3.8, 4) is 0 Å². The van der Waals surface area contributed by atoms with E-state index in [2.05, 4.69) is 16.0 Å². The highest BCUT2D eigenvalue weighted by Gasteiger charge is 2.23. The van der Waals surface area contributed by atoms with Crippen molar-refractivity contribution in [1.29, 1.82) is 0 Å². The quantitative estimate of drug-likeness (QED) is 0.604. The summed E-state index contributed by atoms with van der Waals surface area (Å²) in [6.07, 6.45) is 0. The van der Waals surface area contributed by atoms with Gasteiger partial charge in [-0.3, -0.25) is 4.79 Å². The van der Waals surface area contributed by atoms with E-state index in [9.17, 15) is 18.0 Å². The number of hydrogen-bond donors (Lipinski definition) is 3. The molecule has 0 saturated heterocycles. The van der Waals surface area contributed by atoms with Crippen LogP contribution in [0.5, 0.6) is 0 Å². The summed E-state index contributed by atoms with van der Waals surface area (Å²) in [5.41, 5.74) is 1.46. The molecule has 3 amide bonds. The molecular formula is C18H24N4O4S2. The fraction of sp³-hybridized carbons (Fsp3) is 0.333. The van der Waals surface area contributed by atoms with Gasteiger partial charge in [-0.2, -0.15) is 4.31 Å². The summed E-state index contributed by atoms with van der Waals surface area (Å²) in [4.78, 5) is 23.7. The van der Waals surface area contributed by atoms with Crippen molar-refractivity contribution in [3.63, 3.8) is 0 Å². The first-order valence-corrected chi connectivity index (χ1v) is 10.9. The Bertz CT molecular complexity index is 894. The molecule has 1 aromatic carbocycles. The topological polar surface area (TPSA) is 108 Å². The smallest absolute Gasteiger partial charge is 0.319 e. The van der Waals surface area contributed by atoms with Crippen molar-refractivity contribution in [1.82, 2.24) is 14.9 Å². The second-order valence-electron chi connectivity index (χ2n) is 6.42. The van der Waals surface area contributed by atoms with Crippen LogP contribution in [-0.2, 0) is 21.4 Å². The number of rotatable bonds is 8. The zero-order valence-corrected chi connectivity index (χ0v) is 17.6. The third-order valence-electron chi connectivity index (χ3n) is 3.65. The van der Waals surface area contributed by atoms with Crippen LogP contribution in [0.15, 0.2) is 46.0 Å². The molecule has 2 rings (SSSR count). The predicted molar refractivity (Wildman–Crippen MR) is 110 cm³/mol. The Morgan fingerprint density at radius 3 is 2.39 bits per heavy atom. The number of benzene rings is 1. The number of likely N-dealkylation sites (N-methyl/N-ethyl adjacent to an activating group) is 1. The van der Waals surface area contributed by atoms with E-state index in [4.69, 9.17) is 0 Å². The van der Waals surface area contributed by atoms with Gasteiger partial charge in [0.25, 0.3) is 10.0 Å². The molecule has 0 aliphatic carbocycles. The van der Waals surface area contributed by atoms with Crippen LogP contribution in [0.2, 0.25) is 0 Å². The SMILES string of the molecule is CC(C)NC(=O)Nc1ccc(CNC(=O)CN(C)S(=O)(=O)c2cccs2)cc1. The van der Waals surface area contributed by atoms with Gasteiger partial charge in [-0.25, -0.2) is 13.2 Å². The highest BCUT2D eigenvalue weighted by atomic mass is 32.2. The minimum atomic E-state index is -3.65. The number of nitrogens with zero attached hydrogens (tertiary/aromatic N) is 1. The predicted octanol–water partition coefficient (Wildman–Crippen LogP) is 2.21. The first kappa shape index (κ1) is 21.9. The van der Waals surface area contributed by atoms with Gasteiger partial charge in [-0.05, 0) is 43.0 Å². The summed E-state index contributed by atoms with van der Waals surface area (Å²) in [5, 5.41) is 9.80. The maximum Gasteiger partial charge on any atom is 0.319 e. The van der Waals surface area contributed by atoms with E-state index in [0.717, 1.165) is 21.2 Å². The highest BCUT2D eigenvalue weighted by Crippen LogP contribution is 2.19. The standard InChI is InChI=1S/C18H24N4O4S2/c1-13(2)20-18(24)21-15-8-6-14(7-9-15)11-19-16(23)12-22(3)28(25,26)17-5-4-10-27-17/h4-10,13H,11-12H2,1-3H3,(H,19,23)(H2,20,21,24). The molecule has 1 heterocycles. The van der Waals surface area contributed by atoms with Crippen molar-refractivity contribution in [3.05, 3.63) is 47.3 Å². The second-order valence-corrected chi connectivity index (χ2v) is 9.64. The van der Waals surface area contributed by atoms with Crippen LogP contribution in [0.25, 0.3) is 0 Å². The van der Waals surface area contributed by atoms with Crippen LogP contribution in [0.4, 0.5) is 10.5 Å². The lowest BCUT2D eigenvalue weighted by Gasteiger charge is -2.15. The maximum atomic E-state index is 12.3. The van der Waals surface area contributed by atoms with Gasteiger partial charge in [-0.15, -0.1) is 11.3 Å². The highest BCUT2D eigenvalue weighted by molar-refractivity contribution is 7.91. The van der Waals surface area contributed by atoms with Gasteiger partial charge in [-0.1, -0.05) is 18.2 Å². The normalized spacial score (nSPS) is 11.5. The van der Waals surface area contributed by atoms with Crippen molar-refractivity contribution >= 4 is 39.0 Å². The summed E-state index contributed by atoms with van der Waals surface area (Å²) >= 11 is 1.11. The minimum Gasteiger partial charge on any atom is -0.351 e. The van der Waals surface area contributed by atoms with Crippen LogP contribution < -0.4 is 16.0 Å². The molecule has 0 aliphatic rings. The number of urea groups is 1. The largest absolute Gasteiger partial charge is 0.351 e. The molecule has 152 valence electrons. The van der Waals surface area contributed by atoms with Crippen molar-refractivity contribution < 1.29 is 18.0 Å². The number of anilines is 1. The summed E-state index contributed by atoms with van der Waals surface area (Å²) in [6.45, 7) is 3.72. The molecule has 0 atom stereocenters. The van der Waals surface area contributed by atoms with E-state index in [0.29, 0.717) is 5.69 Å². The molecule has 28 heavy (non-hydrogen) atoms.